The third-order valence-corrected chi connectivity index (χ3v) is 3.73. The standard InChI is InChI=1S/C17H12FN5O3/c1-25-13-8-10(4-7-12(13)18)9-2-5-11(6-3-9)19-16-17(24)21-15-14(20-16)22-26-23-15/h2-8H,1H3,(H,19,20,22)(H,21,23,24). The Morgan fingerprint density at radius 2 is 1.69 bits per heavy atom. The zero-order valence-corrected chi connectivity index (χ0v) is 13.5. The Morgan fingerprint density at radius 3 is 2.42 bits per heavy atom. The van der Waals surface area contributed by atoms with Crippen LogP contribution in [0.4, 0.5) is 15.9 Å². The molecule has 0 fully saturated rings. The van der Waals surface area contributed by atoms with Gasteiger partial charge in [-0.05, 0) is 45.7 Å². The van der Waals surface area contributed by atoms with Crippen LogP contribution in [0.3, 0.4) is 0 Å². The maximum atomic E-state index is 13.5. The van der Waals surface area contributed by atoms with Gasteiger partial charge in [-0.15, -0.1) is 0 Å². The number of aromatic hydroxyl groups is 1. The molecule has 0 saturated heterocycles. The Bertz CT molecular complexity index is 1080. The molecule has 0 saturated carbocycles. The van der Waals surface area contributed by atoms with Crippen LogP contribution >= 0.6 is 0 Å². The molecule has 0 spiro atoms. The van der Waals surface area contributed by atoms with Crippen LogP contribution in [0.5, 0.6) is 11.6 Å². The van der Waals surface area contributed by atoms with Gasteiger partial charge in [0.05, 0.1) is 7.11 Å². The van der Waals surface area contributed by atoms with Crippen LogP contribution in [0.1, 0.15) is 0 Å². The number of anilines is 2. The molecule has 2 heterocycles. The van der Waals surface area contributed by atoms with Gasteiger partial charge in [-0.2, -0.15) is 9.97 Å². The van der Waals surface area contributed by atoms with Gasteiger partial charge < -0.3 is 15.2 Å². The Morgan fingerprint density at radius 1 is 1.00 bits per heavy atom. The molecule has 2 N–H and O–H groups in total. The second-order valence-electron chi connectivity index (χ2n) is 5.36. The molecule has 0 aliphatic carbocycles. The molecule has 4 rings (SSSR count). The van der Waals surface area contributed by atoms with Gasteiger partial charge in [0, 0.05) is 5.69 Å². The van der Waals surface area contributed by atoms with Crippen LogP contribution in [0.15, 0.2) is 47.1 Å². The summed E-state index contributed by atoms with van der Waals surface area (Å²) in [6.45, 7) is 0. The molecular weight excluding hydrogens is 341 g/mol. The molecule has 0 atom stereocenters. The summed E-state index contributed by atoms with van der Waals surface area (Å²) >= 11 is 0. The van der Waals surface area contributed by atoms with Crippen LogP contribution in [-0.2, 0) is 0 Å². The van der Waals surface area contributed by atoms with Gasteiger partial charge in [0.15, 0.2) is 17.4 Å². The number of methoxy groups -OCH3 is 1. The zero-order valence-electron chi connectivity index (χ0n) is 13.5. The Hall–Kier alpha value is -3.75. The predicted octanol–water partition coefficient (Wildman–Crippen LogP) is 3.28. The summed E-state index contributed by atoms with van der Waals surface area (Å²) in [6.07, 6.45) is 0. The molecule has 0 radical (unpaired) electrons. The van der Waals surface area contributed by atoms with E-state index in [1.54, 1.807) is 24.3 Å². The smallest absolute Gasteiger partial charge is 0.257 e. The quantitative estimate of drug-likeness (QED) is 0.576. The summed E-state index contributed by atoms with van der Waals surface area (Å²) < 4.78 is 23.0. The van der Waals surface area contributed by atoms with Gasteiger partial charge in [0.1, 0.15) is 0 Å². The molecule has 9 heteroatoms. The lowest BCUT2D eigenvalue weighted by Gasteiger charge is -2.09. The Kier molecular flexibility index (Phi) is 3.81. The number of hydrogen-bond acceptors (Lipinski definition) is 8. The molecule has 0 bridgehead atoms. The average Bonchev–Trinajstić information content (AvgIpc) is 3.10. The van der Waals surface area contributed by atoms with Crippen molar-refractivity contribution in [3.05, 3.63) is 48.3 Å². The summed E-state index contributed by atoms with van der Waals surface area (Å²) in [5.74, 6) is -0.425. The largest absolute Gasteiger partial charge is 0.494 e. The van der Waals surface area contributed by atoms with Crippen molar-refractivity contribution in [2.24, 2.45) is 0 Å². The molecule has 2 aromatic carbocycles. The molecule has 130 valence electrons. The summed E-state index contributed by atoms with van der Waals surface area (Å²) in [5, 5.41) is 20.0. The third kappa shape index (κ3) is 2.86. The molecule has 0 amide bonds. The minimum atomic E-state index is -0.415. The molecule has 0 aliphatic heterocycles. The van der Waals surface area contributed by atoms with E-state index in [1.807, 2.05) is 12.1 Å². The Balaban J connectivity index is 1.60. The summed E-state index contributed by atoms with van der Waals surface area (Å²) in [7, 11) is 1.42. The molecule has 0 unspecified atom stereocenters. The normalized spacial score (nSPS) is 10.8. The third-order valence-electron chi connectivity index (χ3n) is 3.73. The van der Waals surface area contributed by atoms with Crippen molar-refractivity contribution in [1.29, 1.82) is 0 Å². The summed E-state index contributed by atoms with van der Waals surface area (Å²) in [4.78, 5) is 7.93. The predicted molar refractivity (Wildman–Crippen MR) is 90.7 cm³/mol. The van der Waals surface area contributed by atoms with Gasteiger partial charge >= 0.3 is 0 Å². The van der Waals surface area contributed by atoms with Crippen LogP contribution in [0.2, 0.25) is 0 Å². The number of halogens is 1. The highest BCUT2D eigenvalue weighted by Gasteiger charge is 2.12. The van der Waals surface area contributed by atoms with E-state index in [4.69, 9.17) is 4.74 Å². The van der Waals surface area contributed by atoms with Crippen molar-refractivity contribution in [2.45, 2.75) is 0 Å². The lowest BCUT2D eigenvalue weighted by molar-refractivity contribution is 0.314. The number of fused-ring (bicyclic) bond motifs is 1. The first-order chi connectivity index (χ1) is 12.6. The van der Waals surface area contributed by atoms with Gasteiger partial charge in [0.2, 0.25) is 11.3 Å². The van der Waals surface area contributed by atoms with Gasteiger partial charge in [-0.1, -0.05) is 18.2 Å². The van der Waals surface area contributed by atoms with Crippen LogP contribution < -0.4 is 10.1 Å². The van der Waals surface area contributed by atoms with Crippen molar-refractivity contribution in [3.63, 3.8) is 0 Å². The molecule has 4 aromatic rings. The summed E-state index contributed by atoms with van der Waals surface area (Å²) in [6, 6.07) is 11.9. The van der Waals surface area contributed by atoms with E-state index in [2.05, 4.69) is 30.2 Å². The minimum Gasteiger partial charge on any atom is -0.494 e. The average molecular weight is 353 g/mol. The van der Waals surface area contributed by atoms with E-state index < -0.39 is 5.82 Å². The maximum absolute atomic E-state index is 13.5. The minimum absolute atomic E-state index is 0.119. The van der Waals surface area contributed by atoms with Crippen LogP contribution in [-0.4, -0.2) is 32.5 Å². The number of aromatic nitrogens is 4. The molecule has 8 nitrogen and oxygen atoms in total. The first kappa shape index (κ1) is 15.8. The number of nitrogens with one attached hydrogen (secondary N) is 1. The monoisotopic (exact) mass is 353 g/mol. The van der Waals surface area contributed by atoms with Gasteiger partial charge in [-0.25, -0.2) is 9.02 Å². The number of nitrogens with zero attached hydrogens (tertiary/aromatic N) is 4. The topological polar surface area (TPSA) is 106 Å². The second-order valence-corrected chi connectivity index (χ2v) is 5.36. The van der Waals surface area contributed by atoms with Crippen molar-refractivity contribution in [2.75, 3.05) is 12.4 Å². The van der Waals surface area contributed by atoms with Crippen molar-refractivity contribution in [3.8, 4) is 22.8 Å². The lowest BCUT2D eigenvalue weighted by Crippen LogP contribution is -1.96. The molecule has 2 aromatic heterocycles. The molecule has 0 aliphatic rings. The van der Waals surface area contributed by atoms with E-state index >= 15 is 0 Å². The first-order valence-corrected chi connectivity index (χ1v) is 7.54. The highest BCUT2D eigenvalue weighted by atomic mass is 19.1. The lowest BCUT2D eigenvalue weighted by atomic mass is 10.0. The van der Waals surface area contributed by atoms with Crippen molar-refractivity contribution < 1.29 is 18.9 Å². The highest BCUT2D eigenvalue weighted by Crippen LogP contribution is 2.29. The summed E-state index contributed by atoms with van der Waals surface area (Å²) in [5.41, 5.74) is 2.66. The van der Waals surface area contributed by atoms with Gasteiger partial charge in [-0.3, -0.25) is 0 Å². The van der Waals surface area contributed by atoms with Crippen LogP contribution in [0.25, 0.3) is 22.4 Å². The van der Waals surface area contributed by atoms with E-state index in [0.717, 1.165) is 11.1 Å². The van der Waals surface area contributed by atoms with Gasteiger partial charge in [0.25, 0.3) is 5.88 Å². The number of hydrogen-bond donors (Lipinski definition) is 2. The zero-order chi connectivity index (χ0) is 18.1. The van der Waals surface area contributed by atoms with E-state index in [-0.39, 0.29) is 28.7 Å². The fourth-order valence-corrected chi connectivity index (χ4v) is 2.44. The number of ether oxygens (including phenoxy) is 1. The highest BCUT2D eigenvalue weighted by molar-refractivity contribution is 5.73. The van der Waals surface area contributed by atoms with Crippen molar-refractivity contribution in [1.82, 2.24) is 20.3 Å². The second kappa shape index (κ2) is 6.28. The Labute approximate surface area is 146 Å². The number of benzene rings is 2. The van der Waals surface area contributed by atoms with E-state index in [1.165, 1.54) is 13.2 Å². The van der Waals surface area contributed by atoms with Crippen LogP contribution in [0, 0.1) is 5.82 Å². The SMILES string of the molecule is COc1cc(-c2ccc(Nc3nc4nonc4nc3O)cc2)ccc1F. The fraction of sp³-hybridized carbons (Fsp3) is 0.0588. The number of rotatable bonds is 4. The molecule has 26 heavy (non-hydrogen) atoms. The van der Waals surface area contributed by atoms with E-state index in [0.29, 0.717) is 5.69 Å². The van der Waals surface area contributed by atoms with Crippen molar-refractivity contribution >= 4 is 22.8 Å². The fourth-order valence-electron chi connectivity index (χ4n) is 2.44. The first-order valence-electron chi connectivity index (χ1n) is 7.54. The molecular formula is C17H12FN5O3. The van der Waals surface area contributed by atoms with E-state index in [9.17, 15) is 9.50 Å². The maximum Gasteiger partial charge on any atom is 0.257 e.